The molecule has 0 aliphatic heterocycles. The Labute approximate surface area is 302 Å². The van der Waals surface area contributed by atoms with E-state index in [1.54, 1.807) is 0 Å². The highest BCUT2D eigenvalue weighted by molar-refractivity contribution is 6.22. The minimum atomic E-state index is 0.947. The molecule has 2 heteroatoms. The van der Waals surface area contributed by atoms with Gasteiger partial charge in [-0.1, -0.05) is 140 Å². The highest BCUT2D eigenvalue weighted by Crippen LogP contribution is 2.45. The Morgan fingerprint density at radius 1 is 0.269 bits per heavy atom. The highest BCUT2D eigenvalue weighted by Gasteiger charge is 2.18. The van der Waals surface area contributed by atoms with E-state index < -0.39 is 0 Å². The molecule has 0 aliphatic rings. The summed E-state index contributed by atoms with van der Waals surface area (Å²) < 4.78 is 0. The molecule has 2 nitrogen and oxygen atoms in total. The van der Waals surface area contributed by atoms with Gasteiger partial charge in [0, 0.05) is 23.5 Å². The fourth-order valence-corrected chi connectivity index (χ4v) is 7.78. The molecule has 52 heavy (non-hydrogen) atoms. The summed E-state index contributed by atoms with van der Waals surface area (Å²) in [5.74, 6) is 0. The molecule has 0 saturated carbocycles. The Morgan fingerprint density at radius 2 is 0.731 bits per heavy atom. The Morgan fingerprint density at radius 3 is 1.37 bits per heavy atom. The van der Waals surface area contributed by atoms with Gasteiger partial charge in [-0.25, -0.2) is 4.98 Å². The second kappa shape index (κ2) is 12.5. The van der Waals surface area contributed by atoms with Crippen LogP contribution in [0.1, 0.15) is 0 Å². The van der Waals surface area contributed by atoms with Gasteiger partial charge in [0.05, 0.1) is 11.4 Å². The van der Waals surface area contributed by atoms with Crippen molar-refractivity contribution < 1.29 is 0 Å². The average Bonchev–Trinajstić information content (AvgIpc) is 3.22. The van der Waals surface area contributed by atoms with Crippen LogP contribution >= 0.6 is 0 Å². The molecule has 10 aromatic rings. The molecule has 10 rings (SSSR count). The Kier molecular flexibility index (Phi) is 7.18. The number of hydrogen-bond acceptors (Lipinski definition) is 2. The summed E-state index contributed by atoms with van der Waals surface area (Å²) in [4.78, 5) is 9.40. The van der Waals surface area contributed by atoms with Gasteiger partial charge in [-0.15, -0.1) is 0 Å². The fraction of sp³-hybridized carbons (Fsp3) is 0. The number of hydrogen-bond donors (Lipinski definition) is 0. The third-order valence-corrected chi connectivity index (χ3v) is 10.3. The van der Waals surface area contributed by atoms with Crippen molar-refractivity contribution in [2.45, 2.75) is 0 Å². The number of pyridine rings is 2. The SMILES string of the molecule is c1cc(-c2ccc(-c3ccncc3)cc2)nc(-c2ccc3c(-c4ccc5ccccc5c4)c4ccccc4c(-c4ccc5ccccc5c4)c3c2)c1. The van der Waals surface area contributed by atoms with Crippen LogP contribution in [0, 0.1) is 0 Å². The van der Waals surface area contributed by atoms with Crippen LogP contribution < -0.4 is 0 Å². The van der Waals surface area contributed by atoms with Gasteiger partial charge in [0.15, 0.2) is 0 Å². The zero-order valence-corrected chi connectivity index (χ0v) is 28.4. The smallest absolute Gasteiger partial charge is 0.0709 e. The van der Waals surface area contributed by atoms with E-state index in [1.165, 1.54) is 65.3 Å². The standard InChI is InChI=1S/C50H32N2/c1-3-10-38-30-41(22-18-33(38)8-1)49-43-12-5-6-13-44(43)50(42-23-19-34-9-2-4-11-39(34)31-42)46-32-40(24-25-45(46)49)48-15-7-14-47(52-48)37-20-16-35(17-21-37)36-26-28-51-29-27-36/h1-32H. The first-order valence-corrected chi connectivity index (χ1v) is 17.7. The van der Waals surface area contributed by atoms with E-state index >= 15 is 0 Å². The normalized spacial score (nSPS) is 11.5. The first-order chi connectivity index (χ1) is 25.8. The van der Waals surface area contributed by atoms with Gasteiger partial charge in [0.25, 0.3) is 0 Å². The number of rotatable bonds is 5. The van der Waals surface area contributed by atoms with E-state index in [2.05, 4.69) is 175 Å². The van der Waals surface area contributed by atoms with Crippen molar-refractivity contribution in [1.82, 2.24) is 9.97 Å². The molecular weight excluding hydrogens is 629 g/mol. The molecule has 242 valence electrons. The van der Waals surface area contributed by atoms with Crippen molar-refractivity contribution in [2.24, 2.45) is 0 Å². The van der Waals surface area contributed by atoms with Crippen molar-refractivity contribution in [1.29, 1.82) is 0 Å². The second-order valence-corrected chi connectivity index (χ2v) is 13.4. The molecule has 0 atom stereocenters. The van der Waals surface area contributed by atoms with Crippen LogP contribution in [0.4, 0.5) is 0 Å². The molecule has 2 heterocycles. The minimum Gasteiger partial charge on any atom is -0.265 e. The van der Waals surface area contributed by atoms with Crippen LogP contribution in [-0.2, 0) is 0 Å². The lowest BCUT2D eigenvalue weighted by Gasteiger charge is -2.19. The number of fused-ring (bicyclic) bond motifs is 4. The van der Waals surface area contributed by atoms with Crippen LogP contribution in [0.25, 0.3) is 99.0 Å². The largest absolute Gasteiger partial charge is 0.265 e. The predicted molar refractivity (Wildman–Crippen MR) is 219 cm³/mol. The van der Waals surface area contributed by atoms with Crippen molar-refractivity contribution in [2.75, 3.05) is 0 Å². The van der Waals surface area contributed by atoms with E-state index in [1.807, 2.05) is 24.5 Å². The molecule has 0 N–H and O–H groups in total. The summed E-state index contributed by atoms with van der Waals surface area (Å²) in [6.45, 7) is 0. The molecule has 8 aromatic carbocycles. The summed E-state index contributed by atoms with van der Waals surface area (Å²) in [7, 11) is 0. The maximum atomic E-state index is 5.23. The van der Waals surface area contributed by atoms with Gasteiger partial charge in [-0.3, -0.25) is 4.98 Å². The molecule has 0 amide bonds. The van der Waals surface area contributed by atoms with Crippen LogP contribution in [0.2, 0.25) is 0 Å². The first-order valence-electron chi connectivity index (χ1n) is 17.7. The number of aromatic nitrogens is 2. The molecule has 2 aromatic heterocycles. The van der Waals surface area contributed by atoms with E-state index in [9.17, 15) is 0 Å². The summed E-state index contributed by atoms with van der Waals surface area (Å²) in [6.07, 6.45) is 3.66. The average molecular weight is 661 g/mol. The lowest BCUT2D eigenvalue weighted by Crippen LogP contribution is -1.93. The van der Waals surface area contributed by atoms with Crippen LogP contribution in [-0.4, -0.2) is 9.97 Å². The molecule has 0 unspecified atom stereocenters. The summed E-state index contributed by atoms with van der Waals surface area (Å²) in [5, 5.41) is 9.88. The number of nitrogens with zero attached hydrogens (tertiary/aromatic N) is 2. The molecule has 0 fully saturated rings. The minimum absolute atomic E-state index is 0.947. The van der Waals surface area contributed by atoms with Gasteiger partial charge in [0.2, 0.25) is 0 Å². The van der Waals surface area contributed by atoms with Gasteiger partial charge in [-0.05, 0) is 119 Å². The monoisotopic (exact) mass is 660 g/mol. The summed E-state index contributed by atoms with van der Waals surface area (Å²) in [5.41, 5.74) is 11.3. The van der Waals surface area contributed by atoms with Gasteiger partial charge >= 0.3 is 0 Å². The maximum absolute atomic E-state index is 5.23. The topological polar surface area (TPSA) is 25.8 Å². The first kappa shape index (κ1) is 30.0. The second-order valence-electron chi connectivity index (χ2n) is 13.4. The Hall–Kier alpha value is -6.90. The summed E-state index contributed by atoms with van der Waals surface area (Å²) >= 11 is 0. The maximum Gasteiger partial charge on any atom is 0.0709 e. The molecule has 0 spiro atoms. The Balaban J connectivity index is 1.19. The predicted octanol–water partition coefficient (Wildman–Crippen LogP) is 13.4. The molecular formula is C50H32N2. The molecule has 0 radical (unpaired) electrons. The van der Waals surface area contributed by atoms with Crippen LogP contribution in [0.5, 0.6) is 0 Å². The van der Waals surface area contributed by atoms with E-state index in [0.29, 0.717) is 0 Å². The van der Waals surface area contributed by atoms with E-state index in [4.69, 9.17) is 4.98 Å². The van der Waals surface area contributed by atoms with Gasteiger partial charge in [-0.2, -0.15) is 0 Å². The zero-order chi connectivity index (χ0) is 34.4. The van der Waals surface area contributed by atoms with Crippen molar-refractivity contribution in [3.05, 3.63) is 194 Å². The van der Waals surface area contributed by atoms with Crippen molar-refractivity contribution >= 4 is 43.1 Å². The van der Waals surface area contributed by atoms with E-state index in [-0.39, 0.29) is 0 Å². The third kappa shape index (κ3) is 5.21. The van der Waals surface area contributed by atoms with Gasteiger partial charge < -0.3 is 0 Å². The quantitative estimate of drug-likeness (QED) is 0.172. The van der Waals surface area contributed by atoms with Gasteiger partial charge in [0.1, 0.15) is 0 Å². The van der Waals surface area contributed by atoms with Crippen molar-refractivity contribution in [3.8, 4) is 55.9 Å². The lowest BCUT2D eigenvalue weighted by molar-refractivity contribution is 1.32. The highest BCUT2D eigenvalue weighted by atomic mass is 14.7. The molecule has 0 saturated heterocycles. The lowest BCUT2D eigenvalue weighted by atomic mass is 9.84. The molecule has 0 bridgehead atoms. The zero-order valence-electron chi connectivity index (χ0n) is 28.4. The Bertz CT molecular complexity index is 2940. The van der Waals surface area contributed by atoms with E-state index in [0.717, 1.165) is 33.6 Å². The van der Waals surface area contributed by atoms with Crippen LogP contribution in [0.3, 0.4) is 0 Å². The fourth-order valence-electron chi connectivity index (χ4n) is 7.78. The van der Waals surface area contributed by atoms with Crippen LogP contribution in [0.15, 0.2) is 194 Å². The third-order valence-electron chi connectivity index (χ3n) is 10.3. The summed E-state index contributed by atoms with van der Waals surface area (Å²) in [6, 6.07) is 65.8. The molecule has 0 aliphatic carbocycles. The number of benzene rings is 8. The van der Waals surface area contributed by atoms with Crippen molar-refractivity contribution in [3.63, 3.8) is 0 Å².